The molecule has 0 bridgehead atoms. The van der Waals surface area contributed by atoms with Crippen molar-refractivity contribution in [1.29, 1.82) is 0 Å². The average Bonchev–Trinajstić information content (AvgIpc) is 2.33. The molecule has 0 saturated carbocycles. The third kappa shape index (κ3) is 6.26. The van der Waals surface area contributed by atoms with Crippen molar-refractivity contribution in [2.45, 2.75) is 56.3 Å². The van der Waals surface area contributed by atoms with Crippen LogP contribution in [0.25, 0.3) is 0 Å². The Kier molecular flexibility index (Phi) is 6.47. The molecule has 3 nitrogen and oxygen atoms in total. The molecular weight excluding hydrogens is 321 g/mol. The lowest BCUT2D eigenvalue weighted by atomic mass is 10.1. The molecular formula is C16H26FNO2S2. The van der Waals surface area contributed by atoms with Crippen molar-refractivity contribution in [3.63, 3.8) is 0 Å². The van der Waals surface area contributed by atoms with Crippen LogP contribution in [0.1, 0.15) is 46.2 Å². The highest BCUT2D eigenvalue weighted by Crippen LogP contribution is 2.25. The maximum absolute atomic E-state index is 13.9. The fourth-order valence-corrected chi connectivity index (χ4v) is 3.61. The van der Waals surface area contributed by atoms with Crippen LogP contribution in [0.5, 0.6) is 0 Å². The van der Waals surface area contributed by atoms with Gasteiger partial charge in [-0.25, -0.2) is 12.8 Å². The van der Waals surface area contributed by atoms with Gasteiger partial charge in [-0.05, 0) is 31.5 Å². The maximum atomic E-state index is 13.9. The van der Waals surface area contributed by atoms with Crippen LogP contribution >= 0.6 is 11.8 Å². The molecule has 0 aliphatic rings. The van der Waals surface area contributed by atoms with Gasteiger partial charge in [-0.1, -0.05) is 26.8 Å². The standard InChI is InChI=1S/C16H26FNO2S2/c1-11(10-21-16(3,4)5)18-12(2)13-7-8-15(14(17)9-13)22(6,19)20/h7-9,11-12,18H,10H2,1-6H3/t11-,12-/m0/s1. The zero-order valence-electron chi connectivity index (χ0n) is 14.1. The number of thioether (sulfide) groups is 1. The lowest BCUT2D eigenvalue weighted by molar-refractivity contribution is 0.504. The van der Waals surface area contributed by atoms with E-state index in [2.05, 4.69) is 33.0 Å². The zero-order chi connectivity index (χ0) is 17.1. The summed E-state index contributed by atoms with van der Waals surface area (Å²) in [5.74, 6) is 0.267. The molecule has 1 aromatic rings. The molecule has 126 valence electrons. The van der Waals surface area contributed by atoms with Crippen LogP contribution in [-0.2, 0) is 9.84 Å². The second-order valence-electron chi connectivity index (χ2n) is 6.67. The number of hydrogen-bond donors (Lipinski definition) is 1. The highest BCUT2D eigenvalue weighted by molar-refractivity contribution is 8.00. The van der Waals surface area contributed by atoms with E-state index in [0.29, 0.717) is 0 Å². The van der Waals surface area contributed by atoms with Crippen molar-refractivity contribution in [3.8, 4) is 0 Å². The molecule has 0 fully saturated rings. The van der Waals surface area contributed by atoms with Crippen molar-refractivity contribution in [2.24, 2.45) is 0 Å². The fourth-order valence-electron chi connectivity index (χ4n) is 2.03. The summed E-state index contributed by atoms with van der Waals surface area (Å²) in [5, 5.41) is 3.42. The molecule has 0 aromatic heterocycles. The molecule has 2 atom stereocenters. The number of sulfone groups is 1. The van der Waals surface area contributed by atoms with E-state index in [1.54, 1.807) is 6.07 Å². The molecule has 0 heterocycles. The topological polar surface area (TPSA) is 46.2 Å². The summed E-state index contributed by atoms with van der Waals surface area (Å²) in [4.78, 5) is -0.250. The average molecular weight is 348 g/mol. The Bertz CT molecular complexity index is 609. The SMILES string of the molecule is C[C@H](N[C@@H](C)CSC(C)(C)C)c1ccc(S(C)(=O)=O)c(F)c1. The lowest BCUT2D eigenvalue weighted by Crippen LogP contribution is -2.32. The number of halogens is 1. The molecule has 0 radical (unpaired) electrons. The third-order valence-corrected chi connectivity index (χ3v) is 5.82. The predicted octanol–water partition coefficient (Wildman–Crippen LogP) is 3.80. The van der Waals surface area contributed by atoms with Gasteiger partial charge < -0.3 is 5.32 Å². The zero-order valence-corrected chi connectivity index (χ0v) is 15.7. The minimum absolute atomic E-state index is 0.0429. The summed E-state index contributed by atoms with van der Waals surface area (Å²) in [6, 6.07) is 4.54. The van der Waals surface area contributed by atoms with Gasteiger partial charge in [0.1, 0.15) is 10.7 Å². The van der Waals surface area contributed by atoms with Crippen molar-refractivity contribution < 1.29 is 12.8 Å². The summed E-state index contributed by atoms with van der Waals surface area (Å²) in [6.45, 7) is 10.6. The Labute approximate surface area is 138 Å². The Balaban J connectivity index is 2.74. The van der Waals surface area contributed by atoms with Gasteiger partial charge >= 0.3 is 0 Å². The molecule has 0 aliphatic carbocycles. The molecule has 1 aromatic carbocycles. The molecule has 0 amide bonds. The summed E-state index contributed by atoms with van der Waals surface area (Å²) in [5.41, 5.74) is 0.748. The Morgan fingerprint density at radius 1 is 1.27 bits per heavy atom. The second kappa shape index (κ2) is 7.32. The Morgan fingerprint density at radius 3 is 2.32 bits per heavy atom. The number of nitrogens with one attached hydrogen (secondary N) is 1. The van der Waals surface area contributed by atoms with Gasteiger partial charge in [0.2, 0.25) is 0 Å². The highest BCUT2D eigenvalue weighted by Gasteiger charge is 2.18. The molecule has 22 heavy (non-hydrogen) atoms. The summed E-state index contributed by atoms with van der Waals surface area (Å²) in [7, 11) is -3.52. The number of rotatable bonds is 6. The maximum Gasteiger partial charge on any atom is 0.178 e. The van der Waals surface area contributed by atoms with Crippen molar-refractivity contribution >= 4 is 21.6 Å². The summed E-state index contributed by atoms with van der Waals surface area (Å²) in [6.07, 6.45) is 1.01. The minimum atomic E-state index is -3.52. The van der Waals surface area contributed by atoms with Gasteiger partial charge in [0.25, 0.3) is 0 Å². The molecule has 0 saturated heterocycles. The lowest BCUT2D eigenvalue weighted by Gasteiger charge is -2.24. The van der Waals surface area contributed by atoms with Crippen LogP contribution in [0.4, 0.5) is 4.39 Å². The van der Waals surface area contributed by atoms with Gasteiger partial charge in [-0.3, -0.25) is 0 Å². The van der Waals surface area contributed by atoms with E-state index in [1.807, 2.05) is 18.7 Å². The monoisotopic (exact) mass is 347 g/mol. The normalized spacial score (nSPS) is 15.6. The second-order valence-corrected chi connectivity index (χ2v) is 10.5. The van der Waals surface area contributed by atoms with Gasteiger partial charge in [-0.15, -0.1) is 0 Å². The Morgan fingerprint density at radius 2 is 1.86 bits per heavy atom. The minimum Gasteiger partial charge on any atom is -0.307 e. The van der Waals surface area contributed by atoms with Crippen LogP contribution in [0, 0.1) is 5.82 Å². The first-order valence-corrected chi connectivity index (χ1v) is 10.2. The van der Waals surface area contributed by atoms with Crippen LogP contribution in [0.15, 0.2) is 23.1 Å². The van der Waals surface area contributed by atoms with Crippen molar-refractivity contribution in [3.05, 3.63) is 29.6 Å². The fraction of sp³-hybridized carbons (Fsp3) is 0.625. The first-order valence-electron chi connectivity index (χ1n) is 7.29. The largest absolute Gasteiger partial charge is 0.307 e. The first-order chi connectivity index (χ1) is 9.90. The highest BCUT2D eigenvalue weighted by atomic mass is 32.2. The van der Waals surface area contributed by atoms with E-state index >= 15 is 0 Å². The van der Waals surface area contributed by atoms with Gasteiger partial charge in [0.15, 0.2) is 9.84 Å². The van der Waals surface area contributed by atoms with E-state index in [-0.39, 0.29) is 21.7 Å². The smallest absolute Gasteiger partial charge is 0.178 e. The van der Waals surface area contributed by atoms with E-state index in [4.69, 9.17) is 0 Å². The van der Waals surface area contributed by atoms with Crippen LogP contribution in [-0.4, -0.2) is 31.2 Å². The molecule has 1 N–H and O–H groups in total. The van der Waals surface area contributed by atoms with Gasteiger partial charge in [0.05, 0.1) is 0 Å². The van der Waals surface area contributed by atoms with Crippen molar-refractivity contribution in [2.75, 3.05) is 12.0 Å². The molecule has 6 heteroatoms. The van der Waals surface area contributed by atoms with Crippen LogP contribution in [0.3, 0.4) is 0 Å². The van der Waals surface area contributed by atoms with Crippen molar-refractivity contribution in [1.82, 2.24) is 5.32 Å². The van der Waals surface area contributed by atoms with Crippen LogP contribution < -0.4 is 5.32 Å². The number of benzene rings is 1. The molecule has 0 spiro atoms. The van der Waals surface area contributed by atoms with E-state index in [9.17, 15) is 12.8 Å². The van der Waals surface area contributed by atoms with Crippen LogP contribution in [0.2, 0.25) is 0 Å². The predicted molar refractivity (Wildman–Crippen MR) is 92.7 cm³/mol. The molecule has 0 aliphatic heterocycles. The Hall–Kier alpha value is -0.590. The first kappa shape index (κ1) is 19.5. The number of hydrogen-bond acceptors (Lipinski definition) is 4. The quantitative estimate of drug-likeness (QED) is 0.850. The third-order valence-electron chi connectivity index (χ3n) is 3.16. The van der Waals surface area contributed by atoms with Gasteiger partial charge in [0, 0.05) is 28.8 Å². The summed E-state index contributed by atoms with van der Waals surface area (Å²) < 4.78 is 37.0. The molecule has 1 rings (SSSR count). The summed E-state index contributed by atoms with van der Waals surface area (Å²) >= 11 is 1.87. The van der Waals surface area contributed by atoms with E-state index in [1.165, 1.54) is 12.1 Å². The van der Waals surface area contributed by atoms with E-state index < -0.39 is 15.7 Å². The van der Waals surface area contributed by atoms with Gasteiger partial charge in [-0.2, -0.15) is 11.8 Å². The molecule has 0 unspecified atom stereocenters. The van der Waals surface area contributed by atoms with E-state index in [0.717, 1.165) is 17.6 Å².